The van der Waals surface area contributed by atoms with Crippen LogP contribution in [-0.2, 0) is 10.0 Å². The molecule has 100 valence electrons. The largest absolute Gasteiger partial charge is 0.328 e. The van der Waals surface area contributed by atoms with E-state index in [-0.39, 0.29) is 18.5 Å². The van der Waals surface area contributed by atoms with Gasteiger partial charge in [0, 0.05) is 18.7 Å². The monoisotopic (exact) mass is 276 g/mol. The Morgan fingerprint density at radius 2 is 2.00 bits per heavy atom. The van der Waals surface area contributed by atoms with Crippen molar-refractivity contribution < 1.29 is 17.2 Å². The van der Waals surface area contributed by atoms with E-state index in [1.165, 1.54) is 0 Å². The molecule has 3 N–H and O–H groups in total. The molecule has 4 nitrogen and oxygen atoms in total. The van der Waals surface area contributed by atoms with Crippen LogP contribution in [0, 0.1) is 17.6 Å². The molecule has 0 unspecified atom stereocenters. The van der Waals surface area contributed by atoms with E-state index in [4.69, 9.17) is 5.73 Å². The third-order valence-corrected chi connectivity index (χ3v) is 4.47. The van der Waals surface area contributed by atoms with Gasteiger partial charge in [-0.15, -0.1) is 0 Å². The Morgan fingerprint density at radius 1 is 1.33 bits per heavy atom. The predicted molar refractivity (Wildman–Crippen MR) is 62.2 cm³/mol. The van der Waals surface area contributed by atoms with Gasteiger partial charge in [0.15, 0.2) is 0 Å². The second-order valence-electron chi connectivity index (χ2n) is 4.52. The number of halogens is 2. The lowest BCUT2D eigenvalue weighted by molar-refractivity contribution is 0.267. The Morgan fingerprint density at radius 3 is 2.56 bits per heavy atom. The molecule has 1 aromatic rings. The Hall–Kier alpha value is -1.05. The smallest absolute Gasteiger partial charge is 0.243 e. The van der Waals surface area contributed by atoms with E-state index in [0.29, 0.717) is 6.07 Å². The minimum absolute atomic E-state index is 0.127. The van der Waals surface area contributed by atoms with Crippen molar-refractivity contribution in [3.8, 4) is 0 Å². The van der Waals surface area contributed by atoms with E-state index in [9.17, 15) is 17.2 Å². The summed E-state index contributed by atoms with van der Waals surface area (Å²) in [5.74, 6) is -1.71. The highest BCUT2D eigenvalue weighted by Crippen LogP contribution is 2.25. The number of hydrogen-bond donors (Lipinski definition) is 2. The number of benzene rings is 1. The fourth-order valence-corrected chi connectivity index (χ4v) is 3.13. The molecular formula is C11H14F2N2O2S. The molecule has 1 saturated carbocycles. The normalized spacial score (nSPS) is 23.7. The first-order valence-corrected chi connectivity index (χ1v) is 7.07. The first-order valence-electron chi connectivity index (χ1n) is 5.59. The van der Waals surface area contributed by atoms with Crippen LogP contribution in [0.1, 0.15) is 12.8 Å². The number of sulfonamides is 1. The van der Waals surface area contributed by atoms with Crippen LogP contribution in [0.5, 0.6) is 0 Å². The van der Waals surface area contributed by atoms with Crippen molar-refractivity contribution in [1.82, 2.24) is 4.72 Å². The van der Waals surface area contributed by atoms with Gasteiger partial charge in [0.25, 0.3) is 0 Å². The number of nitrogens with two attached hydrogens (primary N) is 1. The molecule has 2 rings (SSSR count). The van der Waals surface area contributed by atoms with Gasteiger partial charge in [-0.05, 0) is 30.9 Å². The van der Waals surface area contributed by atoms with E-state index in [1.54, 1.807) is 0 Å². The summed E-state index contributed by atoms with van der Waals surface area (Å²) in [7, 11) is -3.93. The Bertz CT molecular complexity index is 542. The summed E-state index contributed by atoms with van der Waals surface area (Å²) in [5.41, 5.74) is 5.58. The third kappa shape index (κ3) is 2.85. The van der Waals surface area contributed by atoms with E-state index in [2.05, 4.69) is 4.72 Å². The van der Waals surface area contributed by atoms with E-state index in [1.807, 2.05) is 0 Å². The predicted octanol–water partition coefficient (Wildman–Crippen LogP) is 0.980. The van der Waals surface area contributed by atoms with Crippen LogP contribution in [0.15, 0.2) is 23.1 Å². The van der Waals surface area contributed by atoms with Crippen LogP contribution in [0.25, 0.3) is 0 Å². The zero-order chi connectivity index (χ0) is 13.3. The van der Waals surface area contributed by atoms with Gasteiger partial charge in [0.1, 0.15) is 16.5 Å². The molecule has 0 atom stereocenters. The van der Waals surface area contributed by atoms with Crippen molar-refractivity contribution in [2.75, 3.05) is 6.54 Å². The molecule has 0 spiro atoms. The summed E-state index contributed by atoms with van der Waals surface area (Å²) in [6, 6.07) is 2.51. The second-order valence-corrected chi connectivity index (χ2v) is 6.26. The van der Waals surface area contributed by atoms with Crippen molar-refractivity contribution in [3.05, 3.63) is 29.8 Å². The summed E-state index contributed by atoms with van der Waals surface area (Å²) < 4.78 is 51.9. The summed E-state index contributed by atoms with van der Waals surface area (Å²) in [6.07, 6.45) is 1.52. The molecule has 1 fully saturated rings. The Balaban J connectivity index is 2.06. The molecule has 0 bridgehead atoms. The Kier molecular flexibility index (Phi) is 3.65. The van der Waals surface area contributed by atoms with Crippen LogP contribution in [0.3, 0.4) is 0 Å². The highest BCUT2D eigenvalue weighted by atomic mass is 32.2. The van der Waals surface area contributed by atoms with Crippen LogP contribution in [0.2, 0.25) is 0 Å². The van der Waals surface area contributed by atoms with Crippen molar-refractivity contribution in [1.29, 1.82) is 0 Å². The van der Waals surface area contributed by atoms with Crippen molar-refractivity contribution in [2.24, 2.45) is 11.7 Å². The van der Waals surface area contributed by atoms with Gasteiger partial charge in [-0.2, -0.15) is 0 Å². The molecule has 1 aliphatic carbocycles. The number of nitrogens with one attached hydrogen (secondary N) is 1. The average Bonchev–Trinajstić information content (AvgIpc) is 2.22. The molecule has 0 heterocycles. The fourth-order valence-electron chi connectivity index (χ4n) is 1.95. The topological polar surface area (TPSA) is 72.2 Å². The van der Waals surface area contributed by atoms with Gasteiger partial charge >= 0.3 is 0 Å². The average molecular weight is 276 g/mol. The van der Waals surface area contributed by atoms with Gasteiger partial charge in [-0.1, -0.05) is 0 Å². The highest BCUT2D eigenvalue weighted by Gasteiger charge is 2.28. The molecule has 1 aliphatic rings. The van der Waals surface area contributed by atoms with Gasteiger partial charge < -0.3 is 5.73 Å². The second kappa shape index (κ2) is 4.91. The van der Waals surface area contributed by atoms with Crippen LogP contribution in [0.4, 0.5) is 8.78 Å². The quantitative estimate of drug-likeness (QED) is 0.861. The number of rotatable bonds is 4. The lowest BCUT2D eigenvalue weighted by atomic mass is 9.81. The van der Waals surface area contributed by atoms with Crippen molar-refractivity contribution in [3.63, 3.8) is 0 Å². The maximum absolute atomic E-state index is 13.3. The molecule has 0 saturated heterocycles. The molecule has 0 aromatic heterocycles. The third-order valence-electron chi connectivity index (χ3n) is 3.02. The van der Waals surface area contributed by atoms with Gasteiger partial charge in [-0.3, -0.25) is 0 Å². The lowest BCUT2D eigenvalue weighted by Gasteiger charge is -2.32. The molecule has 7 heteroatoms. The van der Waals surface area contributed by atoms with E-state index < -0.39 is 26.6 Å². The fraction of sp³-hybridized carbons (Fsp3) is 0.455. The van der Waals surface area contributed by atoms with Crippen molar-refractivity contribution in [2.45, 2.75) is 23.8 Å². The van der Waals surface area contributed by atoms with Crippen LogP contribution < -0.4 is 10.5 Å². The highest BCUT2D eigenvalue weighted by molar-refractivity contribution is 7.89. The standard InChI is InChI=1S/C11H14F2N2O2S/c12-8-1-2-11(10(13)5-8)18(16,17)15-6-7-3-9(14)4-7/h1-2,5,7,9,15H,3-4,6,14H2. The van der Waals surface area contributed by atoms with Crippen LogP contribution >= 0.6 is 0 Å². The first kappa shape index (κ1) is 13.4. The Labute approximate surface area is 104 Å². The molecule has 0 radical (unpaired) electrons. The van der Waals surface area contributed by atoms with Gasteiger partial charge in [0.05, 0.1) is 0 Å². The molecule has 0 aliphatic heterocycles. The van der Waals surface area contributed by atoms with Gasteiger partial charge in [0.2, 0.25) is 10.0 Å². The van der Waals surface area contributed by atoms with Gasteiger partial charge in [-0.25, -0.2) is 21.9 Å². The molecule has 1 aromatic carbocycles. The minimum atomic E-state index is -3.93. The molecule has 0 amide bonds. The SMILES string of the molecule is NC1CC(CNS(=O)(=O)c2ccc(F)cc2F)C1. The first-order chi connectivity index (χ1) is 8.38. The van der Waals surface area contributed by atoms with E-state index in [0.717, 1.165) is 25.0 Å². The minimum Gasteiger partial charge on any atom is -0.328 e. The van der Waals surface area contributed by atoms with Crippen molar-refractivity contribution >= 4 is 10.0 Å². The van der Waals surface area contributed by atoms with Crippen LogP contribution in [-0.4, -0.2) is 21.0 Å². The summed E-state index contributed by atoms with van der Waals surface area (Å²) in [5, 5.41) is 0. The lowest BCUT2D eigenvalue weighted by Crippen LogP contribution is -2.42. The zero-order valence-corrected chi connectivity index (χ0v) is 10.4. The summed E-state index contributed by atoms with van der Waals surface area (Å²) in [4.78, 5) is -0.535. The zero-order valence-electron chi connectivity index (χ0n) is 9.57. The summed E-state index contributed by atoms with van der Waals surface area (Å²) >= 11 is 0. The molecular weight excluding hydrogens is 262 g/mol. The maximum Gasteiger partial charge on any atom is 0.243 e. The number of hydrogen-bond acceptors (Lipinski definition) is 3. The van der Waals surface area contributed by atoms with E-state index >= 15 is 0 Å². The molecule has 18 heavy (non-hydrogen) atoms. The summed E-state index contributed by atoms with van der Waals surface area (Å²) in [6.45, 7) is 0.229. The maximum atomic E-state index is 13.3.